The number of carboxylic acids is 1. The van der Waals surface area contributed by atoms with Crippen LogP contribution in [0.5, 0.6) is 0 Å². The lowest BCUT2D eigenvalue weighted by molar-refractivity contribution is -0.137. The van der Waals surface area contributed by atoms with Crippen molar-refractivity contribution in [3.05, 3.63) is 15.9 Å². The molecule has 1 aromatic rings. The minimum absolute atomic E-state index is 0.210. The summed E-state index contributed by atoms with van der Waals surface area (Å²) in [6.07, 6.45) is 1.76. The number of halogens is 1. The predicted octanol–water partition coefficient (Wildman–Crippen LogP) is 2.18. The number of nitrogens with one attached hydrogen (secondary N) is 1. The van der Waals surface area contributed by atoms with E-state index in [0.717, 1.165) is 28.8 Å². The Morgan fingerprint density at radius 3 is 2.78 bits per heavy atom. The lowest BCUT2D eigenvalue weighted by Gasteiger charge is -2.06. The summed E-state index contributed by atoms with van der Waals surface area (Å²) in [7, 11) is 0. The molecular weight excluding hydrogens is 298 g/mol. The zero-order chi connectivity index (χ0) is 13.5. The fourth-order valence-electron chi connectivity index (χ4n) is 1.76. The van der Waals surface area contributed by atoms with Gasteiger partial charge in [-0.3, -0.25) is 9.48 Å². The van der Waals surface area contributed by atoms with Gasteiger partial charge < -0.3 is 10.4 Å². The van der Waals surface area contributed by atoms with Gasteiger partial charge in [0.1, 0.15) is 0 Å². The zero-order valence-corrected chi connectivity index (χ0v) is 12.5. The van der Waals surface area contributed by atoms with Gasteiger partial charge in [0.15, 0.2) is 0 Å². The van der Waals surface area contributed by atoms with Crippen molar-refractivity contribution in [1.82, 2.24) is 15.1 Å². The minimum Gasteiger partial charge on any atom is -0.481 e. The molecule has 5 nitrogen and oxygen atoms in total. The third kappa shape index (κ3) is 4.10. The van der Waals surface area contributed by atoms with Crippen LogP contribution in [0.25, 0.3) is 0 Å². The molecule has 0 aliphatic rings. The van der Waals surface area contributed by atoms with E-state index >= 15 is 0 Å². The number of nitrogens with zero attached hydrogens (tertiary/aromatic N) is 2. The van der Waals surface area contributed by atoms with E-state index in [1.807, 2.05) is 4.68 Å². The average Bonchev–Trinajstić information content (AvgIpc) is 2.65. The number of rotatable bonds is 8. The second kappa shape index (κ2) is 7.53. The molecule has 0 saturated carbocycles. The summed E-state index contributed by atoms with van der Waals surface area (Å²) in [5, 5.41) is 16.3. The highest BCUT2D eigenvalue weighted by molar-refractivity contribution is 9.10. The molecule has 0 unspecified atom stereocenters. The van der Waals surface area contributed by atoms with Crippen molar-refractivity contribution < 1.29 is 9.90 Å². The van der Waals surface area contributed by atoms with E-state index in [1.165, 1.54) is 0 Å². The van der Waals surface area contributed by atoms with Crippen molar-refractivity contribution in [3.8, 4) is 0 Å². The summed E-state index contributed by atoms with van der Waals surface area (Å²) < 4.78 is 3.05. The second-order valence-corrected chi connectivity index (χ2v) is 4.84. The van der Waals surface area contributed by atoms with Gasteiger partial charge in [-0.15, -0.1) is 0 Å². The number of carbonyl (C=O) groups is 1. The van der Waals surface area contributed by atoms with Crippen LogP contribution in [0.1, 0.15) is 38.1 Å². The standard InChI is InChI=1S/C12H20BrN3O2/c1-3-9-12(13)10(16(4-2)15-9)8-14-7-5-6-11(17)18/h14H,3-8H2,1-2H3,(H,17,18). The zero-order valence-electron chi connectivity index (χ0n) is 10.9. The molecule has 0 radical (unpaired) electrons. The normalized spacial score (nSPS) is 10.8. The number of hydrogen-bond donors (Lipinski definition) is 2. The molecule has 0 amide bonds. The molecule has 0 aliphatic heterocycles. The van der Waals surface area contributed by atoms with Crippen molar-refractivity contribution in [2.75, 3.05) is 6.54 Å². The molecule has 18 heavy (non-hydrogen) atoms. The average molecular weight is 318 g/mol. The van der Waals surface area contributed by atoms with Crippen LogP contribution in [0.15, 0.2) is 4.47 Å². The SMILES string of the molecule is CCc1nn(CC)c(CNCCCC(=O)O)c1Br. The van der Waals surface area contributed by atoms with Gasteiger partial charge in [-0.2, -0.15) is 5.10 Å². The Morgan fingerprint density at radius 2 is 2.22 bits per heavy atom. The van der Waals surface area contributed by atoms with Crippen LogP contribution in [0.3, 0.4) is 0 Å². The van der Waals surface area contributed by atoms with Gasteiger partial charge in [-0.05, 0) is 42.2 Å². The summed E-state index contributed by atoms with van der Waals surface area (Å²) in [5.74, 6) is -0.746. The van der Waals surface area contributed by atoms with E-state index in [4.69, 9.17) is 5.11 Å². The molecule has 6 heteroatoms. The van der Waals surface area contributed by atoms with E-state index in [2.05, 4.69) is 40.2 Å². The predicted molar refractivity (Wildman–Crippen MR) is 73.6 cm³/mol. The highest BCUT2D eigenvalue weighted by atomic mass is 79.9. The van der Waals surface area contributed by atoms with Crippen LogP contribution in [0.4, 0.5) is 0 Å². The van der Waals surface area contributed by atoms with Gasteiger partial charge in [0.2, 0.25) is 0 Å². The summed E-state index contributed by atoms with van der Waals surface area (Å²) in [4.78, 5) is 10.4. The molecule has 1 aromatic heterocycles. The van der Waals surface area contributed by atoms with Crippen molar-refractivity contribution in [3.63, 3.8) is 0 Å². The Balaban J connectivity index is 2.50. The van der Waals surface area contributed by atoms with Crippen LogP contribution in [-0.2, 0) is 24.3 Å². The Bertz CT molecular complexity index is 404. The van der Waals surface area contributed by atoms with Crippen molar-refractivity contribution >= 4 is 21.9 Å². The molecule has 1 heterocycles. The molecule has 102 valence electrons. The maximum Gasteiger partial charge on any atom is 0.303 e. The highest BCUT2D eigenvalue weighted by Crippen LogP contribution is 2.22. The number of aryl methyl sites for hydroxylation is 2. The van der Waals surface area contributed by atoms with Crippen LogP contribution >= 0.6 is 15.9 Å². The molecule has 0 aliphatic carbocycles. The van der Waals surface area contributed by atoms with Gasteiger partial charge in [0, 0.05) is 19.5 Å². The van der Waals surface area contributed by atoms with E-state index in [0.29, 0.717) is 19.5 Å². The number of aromatic nitrogens is 2. The van der Waals surface area contributed by atoms with Crippen molar-refractivity contribution in [2.24, 2.45) is 0 Å². The van der Waals surface area contributed by atoms with Crippen LogP contribution in [0.2, 0.25) is 0 Å². The first-order valence-electron chi connectivity index (χ1n) is 6.26. The molecule has 1 rings (SSSR count). The molecule has 0 spiro atoms. The van der Waals surface area contributed by atoms with Crippen molar-refractivity contribution in [1.29, 1.82) is 0 Å². The summed E-state index contributed by atoms with van der Waals surface area (Å²) >= 11 is 3.58. The summed E-state index contributed by atoms with van der Waals surface area (Å²) in [6.45, 7) is 6.39. The maximum atomic E-state index is 10.4. The largest absolute Gasteiger partial charge is 0.481 e. The van der Waals surface area contributed by atoms with Crippen LogP contribution in [-0.4, -0.2) is 27.4 Å². The van der Waals surface area contributed by atoms with Crippen molar-refractivity contribution in [2.45, 2.75) is 46.2 Å². The van der Waals surface area contributed by atoms with Gasteiger partial charge in [-0.1, -0.05) is 6.92 Å². The molecule has 0 atom stereocenters. The first-order chi connectivity index (χ1) is 8.60. The van der Waals surface area contributed by atoms with Gasteiger partial charge >= 0.3 is 5.97 Å². The lowest BCUT2D eigenvalue weighted by Crippen LogP contribution is -2.18. The van der Waals surface area contributed by atoms with E-state index in [9.17, 15) is 4.79 Å². The third-order valence-electron chi connectivity index (χ3n) is 2.73. The molecule has 0 bridgehead atoms. The minimum atomic E-state index is -0.746. The molecular formula is C12H20BrN3O2. The third-order valence-corrected chi connectivity index (χ3v) is 3.65. The number of aliphatic carboxylic acids is 1. The smallest absolute Gasteiger partial charge is 0.303 e. The van der Waals surface area contributed by atoms with E-state index in [1.54, 1.807) is 0 Å². The first kappa shape index (κ1) is 15.2. The Hall–Kier alpha value is -0.880. The second-order valence-electron chi connectivity index (χ2n) is 4.05. The number of carboxylic acid groups (broad SMARTS) is 1. The Labute approximate surface area is 116 Å². The first-order valence-corrected chi connectivity index (χ1v) is 7.06. The molecule has 0 saturated heterocycles. The van der Waals surface area contributed by atoms with Gasteiger partial charge in [0.05, 0.1) is 15.9 Å². The fourth-order valence-corrected chi connectivity index (χ4v) is 2.46. The summed E-state index contributed by atoms with van der Waals surface area (Å²) in [5.41, 5.74) is 2.20. The molecule has 0 aromatic carbocycles. The molecule has 2 N–H and O–H groups in total. The Kier molecular flexibility index (Phi) is 6.35. The van der Waals surface area contributed by atoms with E-state index < -0.39 is 5.97 Å². The lowest BCUT2D eigenvalue weighted by atomic mass is 10.3. The highest BCUT2D eigenvalue weighted by Gasteiger charge is 2.12. The topological polar surface area (TPSA) is 67.2 Å². The summed E-state index contributed by atoms with van der Waals surface area (Å²) in [6, 6.07) is 0. The van der Waals surface area contributed by atoms with Gasteiger partial charge in [-0.25, -0.2) is 0 Å². The van der Waals surface area contributed by atoms with Crippen LogP contribution in [0, 0.1) is 0 Å². The van der Waals surface area contributed by atoms with Gasteiger partial charge in [0.25, 0.3) is 0 Å². The number of hydrogen-bond acceptors (Lipinski definition) is 3. The molecule has 0 fully saturated rings. The maximum absolute atomic E-state index is 10.4. The fraction of sp³-hybridized carbons (Fsp3) is 0.667. The monoisotopic (exact) mass is 317 g/mol. The van der Waals surface area contributed by atoms with E-state index in [-0.39, 0.29) is 6.42 Å². The quantitative estimate of drug-likeness (QED) is 0.721. The Morgan fingerprint density at radius 1 is 1.50 bits per heavy atom. The van der Waals surface area contributed by atoms with Crippen LogP contribution < -0.4 is 5.32 Å².